The molecular formula is C12H25NO3S. The fraction of sp³-hybridized carbons (Fsp3) is 1.00. The first-order valence-corrected chi connectivity index (χ1v) is 8.32. The van der Waals surface area contributed by atoms with Gasteiger partial charge in [0.1, 0.15) is 0 Å². The van der Waals surface area contributed by atoms with Crippen LogP contribution in [0.4, 0.5) is 0 Å². The predicted molar refractivity (Wildman–Crippen MR) is 70.0 cm³/mol. The normalized spacial score (nSPS) is 19.6. The molecule has 1 rings (SSSR count). The van der Waals surface area contributed by atoms with E-state index in [0.29, 0.717) is 18.3 Å². The summed E-state index contributed by atoms with van der Waals surface area (Å²) in [6.07, 6.45) is 4.54. The van der Waals surface area contributed by atoms with Crippen LogP contribution in [-0.4, -0.2) is 46.2 Å². The van der Waals surface area contributed by atoms with Gasteiger partial charge in [0.15, 0.2) is 9.84 Å². The molecular weight excluding hydrogens is 238 g/mol. The third-order valence-corrected chi connectivity index (χ3v) is 5.17. The van der Waals surface area contributed by atoms with Crippen molar-refractivity contribution in [2.75, 3.05) is 31.8 Å². The third-order valence-electron chi connectivity index (χ3n) is 3.28. The van der Waals surface area contributed by atoms with Gasteiger partial charge in [-0.25, -0.2) is 8.42 Å². The average molecular weight is 263 g/mol. The Balaban J connectivity index is 2.44. The number of methoxy groups -OCH3 is 1. The van der Waals surface area contributed by atoms with Gasteiger partial charge in [0.25, 0.3) is 0 Å². The number of rotatable bonds is 8. The fourth-order valence-corrected chi connectivity index (χ4v) is 4.58. The molecule has 1 aliphatic carbocycles. The molecule has 5 heteroatoms. The summed E-state index contributed by atoms with van der Waals surface area (Å²) in [6.45, 7) is 3.21. The van der Waals surface area contributed by atoms with Crippen LogP contribution >= 0.6 is 0 Å². The van der Waals surface area contributed by atoms with E-state index >= 15 is 0 Å². The largest absolute Gasteiger partial charge is 0.383 e. The molecule has 1 aliphatic rings. The number of hydrogen-bond acceptors (Lipinski definition) is 4. The SMILES string of the molecule is CCNC(COC)CS(=O)(=O)CC1CCCC1. The first kappa shape index (κ1) is 14.9. The fourth-order valence-electron chi connectivity index (χ4n) is 2.57. The van der Waals surface area contributed by atoms with Crippen LogP contribution in [0.2, 0.25) is 0 Å². The number of likely N-dealkylation sites (N-methyl/N-ethyl adjacent to an activating group) is 1. The Morgan fingerprint density at radius 2 is 2.00 bits per heavy atom. The van der Waals surface area contributed by atoms with Crippen molar-refractivity contribution in [1.29, 1.82) is 0 Å². The van der Waals surface area contributed by atoms with Gasteiger partial charge >= 0.3 is 0 Å². The summed E-state index contributed by atoms with van der Waals surface area (Å²) in [5, 5.41) is 3.16. The maximum atomic E-state index is 12.1. The number of sulfone groups is 1. The lowest BCUT2D eigenvalue weighted by atomic mass is 10.1. The van der Waals surface area contributed by atoms with Gasteiger partial charge < -0.3 is 10.1 Å². The Hall–Kier alpha value is -0.130. The van der Waals surface area contributed by atoms with Crippen LogP contribution in [0.1, 0.15) is 32.6 Å². The molecule has 1 saturated carbocycles. The lowest BCUT2D eigenvalue weighted by Gasteiger charge is -2.18. The minimum atomic E-state index is -2.95. The number of ether oxygens (including phenoxy) is 1. The van der Waals surface area contributed by atoms with E-state index in [2.05, 4.69) is 5.32 Å². The monoisotopic (exact) mass is 263 g/mol. The van der Waals surface area contributed by atoms with Gasteiger partial charge in [-0.2, -0.15) is 0 Å². The molecule has 0 aromatic rings. The van der Waals surface area contributed by atoms with Crippen molar-refractivity contribution in [2.45, 2.75) is 38.6 Å². The summed E-state index contributed by atoms with van der Waals surface area (Å²) in [5.74, 6) is 0.953. The molecule has 1 unspecified atom stereocenters. The molecule has 0 aliphatic heterocycles. The van der Waals surface area contributed by atoms with Gasteiger partial charge in [0.05, 0.1) is 18.1 Å². The summed E-state index contributed by atoms with van der Waals surface area (Å²) >= 11 is 0. The first-order chi connectivity index (χ1) is 8.07. The highest BCUT2D eigenvalue weighted by Crippen LogP contribution is 2.26. The van der Waals surface area contributed by atoms with Crippen molar-refractivity contribution in [3.63, 3.8) is 0 Å². The van der Waals surface area contributed by atoms with Gasteiger partial charge in [-0.1, -0.05) is 19.8 Å². The summed E-state index contributed by atoms with van der Waals surface area (Å²) in [7, 11) is -1.35. The van der Waals surface area contributed by atoms with Crippen LogP contribution < -0.4 is 5.32 Å². The molecule has 0 spiro atoms. The van der Waals surface area contributed by atoms with Crippen LogP contribution in [0.3, 0.4) is 0 Å². The summed E-state index contributed by atoms with van der Waals surface area (Å²) in [5.41, 5.74) is 0. The van der Waals surface area contributed by atoms with Gasteiger partial charge in [-0.15, -0.1) is 0 Å². The molecule has 1 N–H and O–H groups in total. The molecule has 0 heterocycles. The molecule has 0 saturated heterocycles. The van der Waals surface area contributed by atoms with Crippen LogP contribution in [-0.2, 0) is 14.6 Å². The van der Waals surface area contributed by atoms with E-state index in [0.717, 1.165) is 19.4 Å². The Morgan fingerprint density at radius 3 is 2.53 bits per heavy atom. The van der Waals surface area contributed by atoms with Crippen LogP contribution in [0.15, 0.2) is 0 Å². The van der Waals surface area contributed by atoms with Crippen molar-refractivity contribution < 1.29 is 13.2 Å². The standard InChI is InChI=1S/C12H25NO3S/c1-3-13-12(8-16-2)10-17(14,15)9-11-6-4-5-7-11/h11-13H,3-10H2,1-2H3. The van der Waals surface area contributed by atoms with E-state index < -0.39 is 9.84 Å². The van der Waals surface area contributed by atoms with E-state index in [9.17, 15) is 8.42 Å². The van der Waals surface area contributed by atoms with Crippen molar-refractivity contribution >= 4 is 9.84 Å². The topological polar surface area (TPSA) is 55.4 Å². The molecule has 17 heavy (non-hydrogen) atoms. The quantitative estimate of drug-likeness (QED) is 0.715. The lowest BCUT2D eigenvalue weighted by molar-refractivity contribution is 0.174. The van der Waals surface area contributed by atoms with Crippen LogP contribution in [0, 0.1) is 5.92 Å². The molecule has 0 bridgehead atoms. The lowest BCUT2D eigenvalue weighted by Crippen LogP contribution is -2.40. The third kappa shape index (κ3) is 5.84. The second-order valence-corrected chi connectivity index (χ2v) is 7.09. The maximum Gasteiger partial charge on any atom is 0.152 e. The van der Waals surface area contributed by atoms with Gasteiger partial charge in [0.2, 0.25) is 0 Å². The highest BCUT2D eigenvalue weighted by molar-refractivity contribution is 7.91. The Bertz CT molecular complexity index is 291. The van der Waals surface area contributed by atoms with Gasteiger partial charge in [0, 0.05) is 13.2 Å². The molecule has 0 aromatic carbocycles. The molecule has 1 fully saturated rings. The number of nitrogens with one attached hydrogen (secondary N) is 1. The smallest absolute Gasteiger partial charge is 0.152 e. The Morgan fingerprint density at radius 1 is 1.35 bits per heavy atom. The number of hydrogen-bond donors (Lipinski definition) is 1. The van der Waals surface area contributed by atoms with Crippen molar-refractivity contribution in [2.24, 2.45) is 5.92 Å². The van der Waals surface area contributed by atoms with Crippen molar-refractivity contribution in [1.82, 2.24) is 5.32 Å². The van der Waals surface area contributed by atoms with Crippen molar-refractivity contribution in [3.05, 3.63) is 0 Å². The molecule has 0 radical (unpaired) electrons. The van der Waals surface area contributed by atoms with Crippen molar-refractivity contribution in [3.8, 4) is 0 Å². The van der Waals surface area contributed by atoms with E-state index in [4.69, 9.17) is 4.74 Å². The Labute approximate surface area is 105 Å². The Kier molecular flexibility index (Phi) is 6.44. The highest BCUT2D eigenvalue weighted by Gasteiger charge is 2.25. The van der Waals surface area contributed by atoms with E-state index in [1.807, 2.05) is 6.92 Å². The molecule has 4 nitrogen and oxygen atoms in total. The summed E-state index contributed by atoms with van der Waals surface area (Å²) < 4.78 is 29.1. The molecule has 0 aromatic heterocycles. The molecule has 0 amide bonds. The van der Waals surface area contributed by atoms with Crippen LogP contribution in [0.25, 0.3) is 0 Å². The summed E-state index contributed by atoms with van der Waals surface area (Å²) in [4.78, 5) is 0. The second kappa shape index (κ2) is 7.34. The predicted octanol–water partition coefficient (Wildman–Crippen LogP) is 1.22. The first-order valence-electron chi connectivity index (χ1n) is 6.50. The zero-order valence-electron chi connectivity index (χ0n) is 10.9. The average Bonchev–Trinajstić information content (AvgIpc) is 2.69. The highest BCUT2D eigenvalue weighted by atomic mass is 32.2. The van der Waals surface area contributed by atoms with E-state index in [-0.39, 0.29) is 11.8 Å². The van der Waals surface area contributed by atoms with Gasteiger partial charge in [-0.3, -0.25) is 0 Å². The minimum Gasteiger partial charge on any atom is -0.383 e. The maximum absolute atomic E-state index is 12.1. The second-order valence-electron chi connectivity index (χ2n) is 4.94. The zero-order valence-corrected chi connectivity index (χ0v) is 11.8. The van der Waals surface area contributed by atoms with E-state index in [1.165, 1.54) is 12.8 Å². The minimum absolute atomic E-state index is 0.0728. The van der Waals surface area contributed by atoms with Gasteiger partial charge in [-0.05, 0) is 25.3 Å². The summed E-state index contributed by atoms with van der Waals surface area (Å²) in [6, 6.07) is -0.0728. The van der Waals surface area contributed by atoms with Crippen LogP contribution in [0.5, 0.6) is 0 Å². The molecule has 102 valence electrons. The molecule has 1 atom stereocenters. The zero-order chi connectivity index (χ0) is 12.7. The van der Waals surface area contributed by atoms with E-state index in [1.54, 1.807) is 7.11 Å².